The molecule has 4 heteroatoms. The quantitative estimate of drug-likeness (QED) is 0.310. The van der Waals surface area contributed by atoms with Gasteiger partial charge in [-0.3, -0.25) is 0 Å². The zero-order valence-electron chi connectivity index (χ0n) is 17.7. The first-order valence-corrected chi connectivity index (χ1v) is 10.5. The molecule has 3 aromatic carbocycles. The van der Waals surface area contributed by atoms with Crippen LogP contribution in [0.1, 0.15) is 31.2 Å². The van der Waals surface area contributed by atoms with Crippen molar-refractivity contribution < 1.29 is 19.7 Å². The van der Waals surface area contributed by atoms with Crippen molar-refractivity contribution in [1.29, 1.82) is 0 Å². The average Bonchev–Trinajstić information content (AvgIpc) is 2.82. The van der Waals surface area contributed by atoms with E-state index in [0.29, 0.717) is 6.61 Å². The molecule has 3 rings (SSSR count). The summed E-state index contributed by atoms with van der Waals surface area (Å²) in [4.78, 5) is 10.4. The minimum absolute atomic E-state index is 0.256. The fourth-order valence-corrected chi connectivity index (χ4v) is 2.86. The molecule has 0 aliphatic carbocycles. The summed E-state index contributed by atoms with van der Waals surface area (Å²) >= 11 is 0. The summed E-state index contributed by atoms with van der Waals surface area (Å²) in [6, 6.07) is 28.1. The molecule has 0 radical (unpaired) electrons. The van der Waals surface area contributed by atoms with Gasteiger partial charge < -0.3 is 14.9 Å². The van der Waals surface area contributed by atoms with Gasteiger partial charge in [0.2, 0.25) is 0 Å². The van der Waals surface area contributed by atoms with Crippen molar-refractivity contribution in [2.45, 2.75) is 25.7 Å². The molecule has 0 aliphatic heterocycles. The van der Waals surface area contributed by atoms with Crippen molar-refractivity contribution in [2.75, 3.05) is 13.2 Å². The minimum atomic E-state index is -0.955. The summed E-state index contributed by atoms with van der Waals surface area (Å²) in [6.07, 6.45) is 6.56. The van der Waals surface area contributed by atoms with Crippen LogP contribution in [0.3, 0.4) is 0 Å². The Morgan fingerprint density at radius 3 is 1.81 bits per heavy atom. The predicted octanol–water partition coefficient (Wildman–Crippen LogP) is 6.07. The molecular formula is C27H30O4. The molecule has 4 nitrogen and oxygen atoms in total. The molecule has 0 saturated carbocycles. The first kappa shape index (κ1) is 23.9. The zero-order chi connectivity index (χ0) is 22.2. The Morgan fingerprint density at radius 1 is 0.742 bits per heavy atom. The van der Waals surface area contributed by atoms with E-state index in [1.54, 1.807) is 6.08 Å². The predicted molar refractivity (Wildman–Crippen MR) is 126 cm³/mol. The third-order valence-corrected chi connectivity index (χ3v) is 4.50. The first-order valence-electron chi connectivity index (χ1n) is 10.5. The van der Waals surface area contributed by atoms with Crippen LogP contribution in [-0.2, 0) is 4.79 Å². The minimum Gasteiger partial charge on any atom is -0.494 e. The molecular weight excluding hydrogens is 388 g/mol. The largest absolute Gasteiger partial charge is 0.494 e. The van der Waals surface area contributed by atoms with Gasteiger partial charge in [0, 0.05) is 12.7 Å². The van der Waals surface area contributed by atoms with Gasteiger partial charge in [-0.15, -0.1) is 0 Å². The van der Waals surface area contributed by atoms with Crippen molar-refractivity contribution in [2.24, 2.45) is 0 Å². The van der Waals surface area contributed by atoms with Crippen LogP contribution < -0.4 is 4.74 Å². The van der Waals surface area contributed by atoms with Crippen molar-refractivity contribution in [3.63, 3.8) is 0 Å². The second-order valence-corrected chi connectivity index (χ2v) is 6.96. The van der Waals surface area contributed by atoms with Gasteiger partial charge in [-0.1, -0.05) is 79.2 Å². The van der Waals surface area contributed by atoms with E-state index >= 15 is 0 Å². The van der Waals surface area contributed by atoms with Gasteiger partial charge in [-0.05, 0) is 54.2 Å². The second-order valence-electron chi connectivity index (χ2n) is 6.96. The molecule has 0 spiro atoms. The number of aliphatic carboxylic acids is 1. The summed E-state index contributed by atoms with van der Waals surface area (Å²) in [5, 5.41) is 17.1. The lowest BCUT2D eigenvalue weighted by Gasteiger charge is -2.06. The molecule has 0 heterocycles. The molecule has 0 aromatic heterocycles. The van der Waals surface area contributed by atoms with Crippen molar-refractivity contribution >= 4 is 12.0 Å². The van der Waals surface area contributed by atoms with Gasteiger partial charge in [0.15, 0.2) is 0 Å². The Hall–Kier alpha value is -3.37. The molecule has 0 bridgehead atoms. The van der Waals surface area contributed by atoms with Crippen LogP contribution in [-0.4, -0.2) is 29.4 Å². The lowest BCUT2D eigenvalue weighted by Crippen LogP contribution is -1.97. The van der Waals surface area contributed by atoms with Crippen LogP contribution >= 0.6 is 0 Å². The maximum Gasteiger partial charge on any atom is 0.328 e. The van der Waals surface area contributed by atoms with Crippen LogP contribution in [0, 0.1) is 0 Å². The molecule has 0 aliphatic rings. The molecule has 2 N–H and O–H groups in total. The van der Waals surface area contributed by atoms with Crippen LogP contribution in [0.15, 0.2) is 91.0 Å². The van der Waals surface area contributed by atoms with E-state index in [4.69, 9.17) is 14.9 Å². The van der Waals surface area contributed by atoms with E-state index in [1.165, 1.54) is 11.1 Å². The molecule has 0 atom stereocenters. The topological polar surface area (TPSA) is 66.8 Å². The molecule has 31 heavy (non-hydrogen) atoms. The number of aliphatic hydroxyl groups is 1. The van der Waals surface area contributed by atoms with E-state index in [-0.39, 0.29) is 6.61 Å². The summed E-state index contributed by atoms with van der Waals surface area (Å²) in [6.45, 7) is 0.919. The lowest BCUT2D eigenvalue weighted by molar-refractivity contribution is -0.131. The number of carbonyl (C=O) groups is 1. The standard InChI is InChI=1S/C15H20O4.C12H10/c16-11-3-1-2-4-12-19-14-8-5-13(6-9-14)7-10-15(17)18;1-3-7-11(8-4-1)12-9-5-2-6-10-12/h5-10,16H,1-4,11-12H2,(H,17,18);1-10H. The summed E-state index contributed by atoms with van der Waals surface area (Å²) in [5.74, 6) is -0.169. The SMILES string of the molecule is O=C(O)C=Cc1ccc(OCCCCCCO)cc1.c1ccc(-c2ccccc2)cc1. The normalized spacial score (nSPS) is 10.4. The fraction of sp³-hybridized carbons (Fsp3) is 0.222. The monoisotopic (exact) mass is 418 g/mol. The number of benzene rings is 3. The van der Waals surface area contributed by atoms with Gasteiger partial charge in [0.1, 0.15) is 5.75 Å². The van der Waals surface area contributed by atoms with E-state index in [9.17, 15) is 4.79 Å². The fourth-order valence-electron chi connectivity index (χ4n) is 2.86. The summed E-state index contributed by atoms with van der Waals surface area (Å²) in [5.41, 5.74) is 3.38. The molecule has 0 fully saturated rings. The Bertz CT molecular complexity index is 850. The number of unbranched alkanes of at least 4 members (excludes halogenated alkanes) is 3. The smallest absolute Gasteiger partial charge is 0.328 e. The van der Waals surface area contributed by atoms with Gasteiger partial charge in [-0.2, -0.15) is 0 Å². The molecule has 0 unspecified atom stereocenters. The van der Waals surface area contributed by atoms with E-state index in [2.05, 4.69) is 48.5 Å². The van der Waals surface area contributed by atoms with Gasteiger partial charge in [0.05, 0.1) is 6.61 Å². The Kier molecular flexibility index (Phi) is 11.2. The zero-order valence-corrected chi connectivity index (χ0v) is 17.7. The third-order valence-electron chi connectivity index (χ3n) is 4.50. The second kappa shape index (κ2) is 14.6. The average molecular weight is 419 g/mol. The maximum absolute atomic E-state index is 10.4. The highest BCUT2D eigenvalue weighted by atomic mass is 16.5. The highest BCUT2D eigenvalue weighted by molar-refractivity contribution is 5.85. The van der Waals surface area contributed by atoms with Crippen LogP contribution in [0.2, 0.25) is 0 Å². The van der Waals surface area contributed by atoms with Crippen LogP contribution in [0.5, 0.6) is 5.75 Å². The van der Waals surface area contributed by atoms with E-state index < -0.39 is 5.97 Å². The van der Waals surface area contributed by atoms with E-state index in [0.717, 1.165) is 43.1 Å². The van der Waals surface area contributed by atoms with E-state index in [1.807, 2.05) is 36.4 Å². The van der Waals surface area contributed by atoms with Gasteiger partial charge in [0.25, 0.3) is 0 Å². The number of hydrogen-bond acceptors (Lipinski definition) is 3. The highest BCUT2D eigenvalue weighted by Gasteiger charge is 1.95. The Labute approximate surface area is 184 Å². The van der Waals surface area contributed by atoms with Crippen LogP contribution in [0.4, 0.5) is 0 Å². The van der Waals surface area contributed by atoms with Gasteiger partial charge >= 0.3 is 5.97 Å². The number of carboxylic acid groups (broad SMARTS) is 1. The molecule has 162 valence electrons. The Balaban J connectivity index is 0.000000242. The third kappa shape index (κ3) is 10.3. The Morgan fingerprint density at radius 2 is 1.29 bits per heavy atom. The van der Waals surface area contributed by atoms with Crippen LogP contribution in [0.25, 0.3) is 17.2 Å². The highest BCUT2D eigenvalue weighted by Crippen LogP contribution is 2.17. The molecule has 0 saturated heterocycles. The number of rotatable bonds is 10. The number of ether oxygens (including phenoxy) is 1. The van der Waals surface area contributed by atoms with Gasteiger partial charge in [-0.25, -0.2) is 4.79 Å². The lowest BCUT2D eigenvalue weighted by atomic mass is 10.1. The maximum atomic E-state index is 10.4. The summed E-state index contributed by atoms with van der Waals surface area (Å²) in [7, 11) is 0. The van der Waals surface area contributed by atoms with Crippen molar-refractivity contribution in [1.82, 2.24) is 0 Å². The first-order chi connectivity index (χ1) is 15.2. The van der Waals surface area contributed by atoms with Crippen molar-refractivity contribution in [3.05, 3.63) is 96.6 Å². The summed E-state index contributed by atoms with van der Waals surface area (Å²) < 4.78 is 5.56. The molecule has 3 aromatic rings. The number of hydrogen-bond donors (Lipinski definition) is 2. The van der Waals surface area contributed by atoms with Crippen molar-refractivity contribution in [3.8, 4) is 16.9 Å². The number of carboxylic acids is 1. The number of aliphatic hydroxyl groups excluding tert-OH is 1. The molecule has 0 amide bonds.